The Labute approximate surface area is 111 Å². The van der Waals surface area contributed by atoms with Crippen LogP contribution in [0.1, 0.15) is 23.8 Å². The fraction of sp³-hybridized carbons (Fsp3) is 0.364. The number of nitrogens with zero attached hydrogens (tertiary/aromatic N) is 2. The summed E-state index contributed by atoms with van der Waals surface area (Å²) in [7, 11) is 0. The molecule has 0 saturated carbocycles. The molecule has 1 aromatic rings. The number of rotatable bonds is 5. The fourth-order valence-corrected chi connectivity index (χ4v) is 1.64. The molecule has 1 heterocycles. The van der Waals surface area contributed by atoms with Crippen LogP contribution in [0.2, 0.25) is 5.02 Å². The number of aromatic nitrogens is 1. The van der Waals surface area contributed by atoms with Crippen molar-refractivity contribution in [3.05, 3.63) is 29.0 Å². The standard InChI is InChI=1S/C11H14ClN3OS/c1-2-5-15(7-10(13)17)11(16)9-4-3-8(12)6-14-9/h3-4,6H,2,5,7H2,1H3,(H2,13,17). The van der Waals surface area contributed by atoms with Gasteiger partial charge in [-0.2, -0.15) is 0 Å². The van der Waals surface area contributed by atoms with Crippen molar-refractivity contribution in [1.82, 2.24) is 9.88 Å². The molecule has 17 heavy (non-hydrogen) atoms. The zero-order valence-corrected chi connectivity index (χ0v) is 11.1. The minimum absolute atomic E-state index is 0.184. The van der Waals surface area contributed by atoms with E-state index >= 15 is 0 Å². The zero-order chi connectivity index (χ0) is 12.8. The van der Waals surface area contributed by atoms with Crippen molar-refractivity contribution < 1.29 is 4.79 Å². The summed E-state index contributed by atoms with van der Waals surface area (Å²) < 4.78 is 0. The third kappa shape index (κ3) is 4.28. The molecule has 1 aromatic heterocycles. The van der Waals surface area contributed by atoms with Gasteiger partial charge in [0.15, 0.2) is 0 Å². The van der Waals surface area contributed by atoms with E-state index in [0.717, 1.165) is 6.42 Å². The summed E-state index contributed by atoms with van der Waals surface area (Å²) in [6.45, 7) is 2.85. The molecular formula is C11H14ClN3OS. The first-order valence-corrected chi connectivity index (χ1v) is 6.02. The second-order valence-electron chi connectivity index (χ2n) is 3.55. The van der Waals surface area contributed by atoms with Crippen LogP contribution in [0.15, 0.2) is 18.3 Å². The van der Waals surface area contributed by atoms with Gasteiger partial charge < -0.3 is 10.6 Å². The second-order valence-corrected chi connectivity index (χ2v) is 4.52. The maximum absolute atomic E-state index is 12.1. The van der Waals surface area contributed by atoms with Crippen LogP contribution in [-0.4, -0.2) is 33.9 Å². The molecule has 6 heteroatoms. The number of hydrogen-bond acceptors (Lipinski definition) is 3. The van der Waals surface area contributed by atoms with Gasteiger partial charge in [0.25, 0.3) is 5.91 Å². The highest BCUT2D eigenvalue weighted by molar-refractivity contribution is 7.80. The Bertz CT molecular complexity index is 408. The lowest BCUT2D eigenvalue weighted by atomic mass is 10.3. The van der Waals surface area contributed by atoms with E-state index in [2.05, 4.69) is 4.98 Å². The van der Waals surface area contributed by atoms with Crippen molar-refractivity contribution >= 4 is 34.7 Å². The lowest BCUT2D eigenvalue weighted by Crippen LogP contribution is -2.38. The van der Waals surface area contributed by atoms with E-state index in [4.69, 9.17) is 29.6 Å². The molecule has 0 aromatic carbocycles. The molecule has 1 amide bonds. The van der Waals surface area contributed by atoms with Crippen LogP contribution in [0.25, 0.3) is 0 Å². The van der Waals surface area contributed by atoms with Crippen LogP contribution < -0.4 is 5.73 Å². The van der Waals surface area contributed by atoms with Gasteiger partial charge in [-0.25, -0.2) is 4.98 Å². The Morgan fingerprint density at radius 3 is 2.76 bits per heavy atom. The molecule has 2 N–H and O–H groups in total. The number of carbonyl (C=O) groups is 1. The van der Waals surface area contributed by atoms with Crippen LogP contribution in [0.5, 0.6) is 0 Å². The second kappa shape index (κ2) is 6.51. The molecule has 92 valence electrons. The van der Waals surface area contributed by atoms with Crippen LogP contribution in [-0.2, 0) is 0 Å². The summed E-state index contributed by atoms with van der Waals surface area (Å²) in [4.78, 5) is 17.9. The number of nitrogens with two attached hydrogens (primary N) is 1. The van der Waals surface area contributed by atoms with E-state index < -0.39 is 0 Å². The first-order valence-electron chi connectivity index (χ1n) is 5.23. The first-order chi connectivity index (χ1) is 8.04. The normalized spacial score (nSPS) is 10.0. The highest BCUT2D eigenvalue weighted by Crippen LogP contribution is 2.08. The molecule has 0 aliphatic rings. The van der Waals surface area contributed by atoms with E-state index in [1.54, 1.807) is 17.0 Å². The number of halogens is 1. The number of pyridine rings is 1. The number of thiocarbonyl (C=S) groups is 1. The van der Waals surface area contributed by atoms with Gasteiger partial charge in [-0.05, 0) is 18.6 Å². The van der Waals surface area contributed by atoms with Gasteiger partial charge >= 0.3 is 0 Å². The number of amides is 1. The largest absolute Gasteiger partial charge is 0.392 e. The van der Waals surface area contributed by atoms with E-state index in [0.29, 0.717) is 22.2 Å². The van der Waals surface area contributed by atoms with Crippen LogP contribution in [0, 0.1) is 0 Å². The highest BCUT2D eigenvalue weighted by Gasteiger charge is 2.16. The molecule has 0 atom stereocenters. The summed E-state index contributed by atoms with van der Waals surface area (Å²) in [5.74, 6) is -0.184. The molecule has 0 aliphatic carbocycles. The molecular weight excluding hydrogens is 258 g/mol. The lowest BCUT2D eigenvalue weighted by molar-refractivity contribution is 0.0774. The zero-order valence-electron chi connectivity index (χ0n) is 9.52. The Morgan fingerprint density at radius 2 is 2.29 bits per heavy atom. The molecule has 4 nitrogen and oxygen atoms in total. The third-order valence-electron chi connectivity index (χ3n) is 2.07. The summed E-state index contributed by atoms with van der Waals surface area (Å²) >= 11 is 10.5. The maximum atomic E-state index is 12.1. The van der Waals surface area contributed by atoms with Crippen LogP contribution >= 0.6 is 23.8 Å². The van der Waals surface area contributed by atoms with E-state index in [-0.39, 0.29) is 12.5 Å². The fourth-order valence-electron chi connectivity index (χ4n) is 1.37. The van der Waals surface area contributed by atoms with Gasteiger partial charge in [-0.1, -0.05) is 30.7 Å². The van der Waals surface area contributed by atoms with Crippen molar-refractivity contribution in [3.8, 4) is 0 Å². The molecule has 0 radical (unpaired) electrons. The molecule has 0 saturated heterocycles. The average molecular weight is 272 g/mol. The SMILES string of the molecule is CCCN(CC(N)=S)C(=O)c1ccc(Cl)cn1. The molecule has 0 bridgehead atoms. The Morgan fingerprint density at radius 1 is 1.59 bits per heavy atom. The average Bonchev–Trinajstić information content (AvgIpc) is 2.28. The predicted octanol–water partition coefficient (Wildman–Crippen LogP) is 1.87. The van der Waals surface area contributed by atoms with Gasteiger partial charge in [0.1, 0.15) is 5.69 Å². The van der Waals surface area contributed by atoms with Crippen molar-refractivity contribution in [2.45, 2.75) is 13.3 Å². The van der Waals surface area contributed by atoms with E-state index in [9.17, 15) is 4.79 Å². The Balaban J connectivity index is 2.83. The van der Waals surface area contributed by atoms with Crippen molar-refractivity contribution in [1.29, 1.82) is 0 Å². The van der Waals surface area contributed by atoms with Gasteiger partial charge in [0.05, 0.1) is 16.6 Å². The summed E-state index contributed by atoms with van der Waals surface area (Å²) in [5, 5.41) is 0.498. The summed E-state index contributed by atoms with van der Waals surface area (Å²) in [5.41, 5.74) is 5.81. The van der Waals surface area contributed by atoms with Gasteiger partial charge in [0, 0.05) is 12.7 Å². The topological polar surface area (TPSA) is 59.2 Å². The molecule has 0 spiro atoms. The smallest absolute Gasteiger partial charge is 0.272 e. The maximum Gasteiger partial charge on any atom is 0.272 e. The predicted molar refractivity (Wildman–Crippen MR) is 72.2 cm³/mol. The van der Waals surface area contributed by atoms with Gasteiger partial charge in [0.2, 0.25) is 0 Å². The molecule has 0 fully saturated rings. The Kier molecular flexibility index (Phi) is 5.31. The monoisotopic (exact) mass is 271 g/mol. The minimum Gasteiger partial charge on any atom is -0.392 e. The van der Waals surface area contributed by atoms with Crippen LogP contribution in [0.3, 0.4) is 0 Å². The molecule has 0 aliphatic heterocycles. The number of hydrogen-bond donors (Lipinski definition) is 1. The summed E-state index contributed by atoms with van der Waals surface area (Å²) in [6, 6.07) is 3.22. The first kappa shape index (κ1) is 13.9. The molecule has 0 unspecified atom stereocenters. The van der Waals surface area contributed by atoms with Gasteiger partial charge in [-0.15, -0.1) is 0 Å². The third-order valence-corrected chi connectivity index (χ3v) is 2.43. The van der Waals surface area contributed by atoms with E-state index in [1.807, 2.05) is 6.92 Å². The summed E-state index contributed by atoms with van der Waals surface area (Å²) in [6.07, 6.45) is 2.28. The van der Waals surface area contributed by atoms with Crippen molar-refractivity contribution in [2.75, 3.05) is 13.1 Å². The number of carbonyl (C=O) groups excluding carboxylic acids is 1. The van der Waals surface area contributed by atoms with E-state index in [1.165, 1.54) is 6.20 Å². The van der Waals surface area contributed by atoms with Crippen molar-refractivity contribution in [2.24, 2.45) is 5.73 Å². The minimum atomic E-state index is -0.184. The van der Waals surface area contributed by atoms with Crippen LogP contribution in [0.4, 0.5) is 0 Å². The lowest BCUT2D eigenvalue weighted by Gasteiger charge is -2.20. The quantitative estimate of drug-likeness (QED) is 0.831. The Hall–Kier alpha value is -1.20. The molecule has 1 rings (SSSR count). The van der Waals surface area contributed by atoms with Crippen molar-refractivity contribution in [3.63, 3.8) is 0 Å². The highest BCUT2D eigenvalue weighted by atomic mass is 35.5. The van der Waals surface area contributed by atoms with Gasteiger partial charge in [-0.3, -0.25) is 4.79 Å².